The third-order valence-electron chi connectivity index (χ3n) is 4.47. The molecule has 156 valence electrons. The SMILES string of the molecule is CCCCCCCCCCC(=O)[O-].CCCCCCCCCCC(=O)[O-].[Sr+2]. The molecule has 4 nitrogen and oxygen atoms in total. The van der Waals surface area contributed by atoms with Crippen molar-refractivity contribution >= 4 is 57.4 Å². The molecule has 0 heterocycles. The summed E-state index contributed by atoms with van der Waals surface area (Å²) in [7, 11) is 0. The smallest absolute Gasteiger partial charge is 0.550 e. The number of unbranched alkanes of at least 4 members (excludes halogenated alkanes) is 14. The number of carbonyl (C=O) groups excluding carboxylic acids is 2. The topological polar surface area (TPSA) is 80.3 Å². The van der Waals surface area contributed by atoms with Crippen LogP contribution in [0.15, 0.2) is 0 Å². The van der Waals surface area contributed by atoms with E-state index in [1.165, 1.54) is 77.0 Å². The van der Waals surface area contributed by atoms with Crippen molar-refractivity contribution < 1.29 is 19.8 Å². The molecule has 0 radical (unpaired) electrons. The van der Waals surface area contributed by atoms with Crippen molar-refractivity contribution in [3.63, 3.8) is 0 Å². The molecule has 0 fully saturated rings. The molecule has 0 aromatic carbocycles. The third-order valence-corrected chi connectivity index (χ3v) is 4.47. The third kappa shape index (κ3) is 37.8. The number of hydrogen-bond donors (Lipinski definition) is 0. The van der Waals surface area contributed by atoms with E-state index in [0.29, 0.717) is 0 Å². The summed E-state index contributed by atoms with van der Waals surface area (Å²) in [5.41, 5.74) is 0. The zero-order valence-corrected chi connectivity index (χ0v) is 21.5. The van der Waals surface area contributed by atoms with Gasteiger partial charge < -0.3 is 19.8 Å². The summed E-state index contributed by atoms with van der Waals surface area (Å²) in [5.74, 6) is -1.82. The van der Waals surface area contributed by atoms with E-state index in [1.807, 2.05) is 0 Å². The van der Waals surface area contributed by atoms with Crippen LogP contribution in [0.5, 0.6) is 0 Å². The van der Waals surface area contributed by atoms with Crippen LogP contribution in [-0.4, -0.2) is 57.4 Å². The van der Waals surface area contributed by atoms with Gasteiger partial charge in [0.2, 0.25) is 0 Å². The fourth-order valence-electron chi connectivity index (χ4n) is 2.81. The minimum atomic E-state index is -0.911. The van der Waals surface area contributed by atoms with E-state index in [1.54, 1.807) is 0 Å². The minimum Gasteiger partial charge on any atom is -0.550 e. The van der Waals surface area contributed by atoms with Gasteiger partial charge in [-0.05, 0) is 25.7 Å². The van der Waals surface area contributed by atoms with Crippen LogP contribution >= 0.6 is 0 Å². The van der Waals surface area contributed by atoms with E-state index in [4.69, 9.17) is 0 Å². The molecule has 0 rings (SSSR count). The molecular formula is C22H42O4Sr. The average molecular weight is 458 g/mol. The number of hydrogen-bond acceptors (Lipinski definition) is 4. The van der Waals surface area contributed by atoms with Crippen molar-refractivity contribution in [2.75, 3.05) is 0 Å². The molecule has 0 saturated heterocycles. The van der Waals surface area contributed by atoms with Crippen molar-refractivity contribution in [2.24, 2.45) is 0 Å². The molecule has 0 aromatic heterocycles. The van der Waals surface area contributed by atoms with Gasteiger partial charge in [-0.3, -0.25) is 0 Å². The first-order valence-corrected chi connectivity index (χ1v) is 10.9. The Hall–Kier alpha value is 0.421. The monoisotopic (exact) mass is 458 g/mol. The quantitative estimate of drug-likeness (QED) is 0.228. The molecule has 0 amide bonds. The van der Waals surface area contributed by atoms with Crippen molar-refractivity contribution in [2.45, 2.75) is 129 Å². The second kappa shape index (κ2) is 28.6. The molecule has 0 saturated carbocycles. The van der Waals surface area contributed by atoms with Crippen molar-refractivity contribution in [1.29, 1.82) is 0 Å². The van der Waals surface area contributed by atoms with Crippen LogP contribution in [0.25, 0.3) is 0 Å². The first kappa shape index (κ1) is 32.1. The maximum Gasteiger partial charge on any atom is 2.00 e. The molecule has 0 aliphatic rings. The Kier molecular flexibility index (Phi) is 34.0. The largest absolute Gasteiger partial charge is 2.00 e. The molecule has 0 unspecified atom stereocenters. The summed E-state index contributed by atoms with van der Waals surface area (Å²) in [6, 6.07) is 0. The van der Waals surface area contributed by atoms with Crippen LogP contribution in [0.3, 0.4) is 0 Å². The predicted molar refractivity (Wildman–Crippen MR) is 110 cm³/mol. The van der Waals surface area contributed by atoms with Crippen LogP contribution in [0, 0.1) is 0 Å². The Morgan fingerprint density at radius 3 is 0.926 bits per heavy atom. The van der Waals surface area contributed by atoms with E-state index >= 15 is 0 Å². The van der Waals surface area contributed by atoms with Gasteiger partial charge in [-0.15, -0.1) is 0 Å². The van der Waals surface area contributed by atoms with Crippen LogP contribution < -0.4 is 10.2 Å². The van der Waals surface area contributed by atoms with Gasteiger partial charge in [-0.2, -0.15) is 0 Å². The van der Waals surface area contributed by atoms with Gasteiger partial charge in [0.05, 0.1) is 0 Å². The first-order valence-electron chi connectivity index (χ1n) is 10.9. The van der Waals surface area contributed by atoms with Crippen LogP contribution in [-0.2, 0) is 9.59 Å². The van der Waals surface area contributed by atoms with E-state index in [-0.39, 0.29) is 58.3 Å². The zero-order valence-electron chi connectivity index (χ0n) is 18.1. The van der Waals surface area contributed by atoms with Gasteiger partial charge in [0, 0.05) is 11.9 Å². The van der Waals surface area contributed by atoms with Gasteiger partial charge in [-0.1, -0.05) is 104 Å². The zero-order chi connectivity index (χ0) is 19.9. The van der Waals surface area contributed by atoms with Crippen LogP contribution in [0.1, 0.15) is 129 Å². The normalized spacial score (nSPS) is 9.85. The molecule has 5 heteroatoms. The maximum absolute atomic E-state index is 10.1. The molecule has 0 spiro atoms. The van der Waals surface area contributed by atoms with Gasteiger partial charge in [-0.25, -0.2) is 0 Å². The fourth-order valence-corrected chi connectivity index (χ4v) is 2.81. The Bertz CT molecular complexity index is 279. The predicted octanol–water partition coefficient (Wildman–Crippen LogP) is 4.15. The molecule has 0 N–H and O–H groups in total. The molecule has 0 aromatic rings. The van der Waals surface area contributed by atoms with E-state index in [0.717, 1.165) is 25.7 Å². The van der Waals surface area contributed by atoms with Gasteiger partial charge in [0.15, 0.2) is 0 Å². The van der Waals surface area contributed by atoms with E-state index in [9.17, 15) is 19.8 Å². The molecular weight excluding hydrogens is 416 g/mol. The maximum atomic E-state index is 10.1. The number of carboxylic acids is 2. The average Bonchev–Trinajstić information content (AvgIpc) is 2.60. The van der Waals surface area contributed by atoms with Crippen LogP contribution in [0.2, 0.25) is 0 Å². The fraction of sp³-hybridized carbons (Fsp3) is 0.909. The summed E-state index contributed by atoms with van der Waals surface area (Å²) in [4.78, 5) is 20.1. The summed E-state index contributed by atoms with van der Waals surface area (Å²) in [6.45, 7) is 4.42. The molecule has 0 atom stereocenters. The first-order chi connectivity index (χ1) is 12.5. The standard InChI is InChI=1S/2C11H22O2.Sr/c2*1-2-3-4-5-6-7-8-9-10-11(12)13;/h2*2-10H2,1H3,(H,12,13);/q;;+2/p-2. The second-order valence-corrected chi connectivity index (χ2v) is 7.19. The van der Waals surface area contributed by atoms with Crippen molar-refractivity contribution in [3.05, 3.63) is 0 Å². The Morgan fingerprint density at radius 1 is 0.481 bits per heavy atom. The summed E-state index contributed by atoms with van der Waals surface area (Å²) >= 11 is 0. The Morgan fingerprint density at radius 2 is 0.704 bits per heavy atom. The van der Waals surface area contributed by atoms with E-state index in [2.05, 4.69) is 13.8 Å². The molecule has 0 aliphatic heterocycles. The molecule has 0 bridgehead atoms. The number of aliphatic carboxylic acids is 2. The van der Waals surface area contributed by atoms with Gasteiger partial charge in [0.25, 0.3) is 0 Å². The summed E-state index contributed by atoms with van der Waals surface area (Å²) in [6.07, 6.45) is 19.5. The van der Waals surface area contributed by atoms with E-state index < -0.39 is 11.9 Å². The van der Waals surface area contributed by atoms with Crippen molar-refractivity contribution in [3.8, 4) is 0 Å². The molecule has 27 heavy (non-hydrogen) atoms. The van der Waals surface area contributed by atoms with Crippen molar-refractivity contribution in [1.82, 2.24) is 0 Å². The Labute approximate surface area is 205 Å². The number of rotatable bonds is 18. The summed E-state index contributed by atoms with van der Waals surface area (Å²) < 4.78 is 0. The summed E-state index contributed by atoms with van der Waals surface area (Å²) in [5, 5.41) is 20.1. The molecule has 0 aliphatic carbocycles. The Balaban J connectivity index is -0.000000411. The van der Waals surface area contributed by atoms with Gasteiger partial charge >= 0.3 is 45.5 Å². The second-order valence-electron chi connectivity index (χ2n) is 7.19. The number of carboxylic acid groups (broad SMARTS) is 2. The minimum absolute atomic E-state index is 0. The van der Waals surface area contributed by atoms with Gasteiger partial charge in [0.1, 0.15) is 0 Å². The number of carbonyl (C=O) groups is 2. The van der Waals surface area contributed by atoms with Crippen LogP contribution in [0.4, 0.5) is 0 Å².